The monoisotopic (exact) mass is 274 g/mol. The summed E-state index contributed by atoms with van der Waals surface area (Å²) in [7, 11) is 0. The van der Waals surface area contributed by atoms with Gasteiger partial charge in [-0.1, -0.05) is 0 Å². The minimum Gasteiger partial charge on any atom is -0.391 e. The summed E-state index contributed by atoms with van der Waals surface area (Å²) in [6, 6.07) is 1.92. The Balaban J connectivity index is 1.80. The second kappa shape index (κ2) is 4.86. The van der Waals surface area contributed by atoms with Crippen LogP contribution in [0.15, 0.2) is 12.3 Å². The molecule has 0 spiro atoms. The number of hydrogen-bond acceptors (Lipinski definition) is 4. The van der Waals surface area contributed by atoms with Crippen molar-refractivity contribution in [2.75, 3.05) is 6.54 Å². The molecule has 1 aliphatic carbocycles. The van der Waals surface area contributed by atoms with Crippen molar-refractivity contribution in [3.8, 4) is 0 Å². The lowest BCUT2D eigenvalue weighted by molar-refractivity contribution is 0.0902. The van der Waals surface area contributed by atoms with Crippen LogP contribution >= 0.6 is 0 Å². The maximum atomic E-state index is 12.2. The first-order chi connectivity index (χ1) is 9.56. The molecule has 0 radical (unpaired) electrons. The van der Waals surface area contributed by atoms with Crippen LogP contribution in [0.1, 0.15) is 34.6 Å². The van der Waals surface area contributed by atoms with Crippen LogP contribution in [0.3, 0.4) is 0 Å². The third-order valence-electron chi connectivity index (χ3n) is 3.66. The number of carbonyl (C=O) groups is 1. The molecule has 2 heterocycles. The maximum Gasteiger partial charge on any atom is 0.256 e. The van der Waals surface area contributed by atoms with Crippen molar-refractivity contribution in [3.63, 3.8) is 0 Å². The molecule has 1 aliphatic rings. The van der Waals surface area contributed by atoms with Gasteiger partial charge in [0, 0.05) is 17.9 Å². The van der Waals surface area contributed by atoms with Gasteiger partial charge in [0.15, 0.2) is 5.65 Å². The summed E-state index contributed by atoms with van der Waals surface area (Å²) in [6.07, 6.45) is 3.17. The Bertz CT molecular complexity index is 660. The number of aliphatic hydroxyl groups excluding tert-OH is 1. The number of aliphatic hydroxyl groups is 1. The third kappa shape index (κ3) is 2.38. The molecule has 2 N–H and O–H groups in total. The number of aromatic nitrogens is 3. The van der Waals surface area contributed by atoms with Crippen LogP contribution in [0, 0.1) is 19.8 Å². The molecule has 106 valence electrons. The van der Waals surface area contributed by atoms with E-state index in [0.717, 1.165) is 24.2 Å². The minimum atomic E-state index is -0.447. The van der Waals surface area contributed by atoms with Gasteiger partial charge in [-0.25, -0.2) is 9.50 Å². The van der Waals surface area contributed by atoms with Crippen molar-refractivity contribution < 1.29 is 9.90 Å². The summed E-state index contributed by atoms with van der Waals surface area (Å²) >= 11 is 0. The maximum absolute atomic E-state index is 12.2. The Labute approximate surface area is 116 Å². The highest BCUT2D eigenvalue weighted by Crippen LogP contribution is 2.32. The fourth-order valence-corrected chi connectivity index (χ4v) is 2.37. The van der Waals surface area contributed by atoms with Crippen LogP contribution in [0.25, 0.3) is 5.65 Å². The van der Waals surface area contributed by atoms with Crippen molar-refractivity contribution >= 4 is 11.6 Å². The minimum absolute atomic E-state index is 0.239. The number of nitrogens with zero attached hydrogens (tertiary/aromatic N) is 3. The summed E-state index contributed by atoms with van der Waals surface area (Å²) in [4.78, 5) is 16.5. The van der Waals surface area contributed by atoms with Crippen molar-refractivity contribution in [3.05, 3.63) is 29.2 Å². The topological polar surface area (TPSA) is 79.5 Å². The van der Waals surface area contributed by atoms with Gasteiger partial charge in [-0.05, 0) is 38.7 Å². The van der Waals surface area contributed by atoms with Gasteiger partial charge in [-0.3, -0.25) is 4.79 Å². The van der Waals surface area contributed by atoms with Crippen LogP contribution in [0.2, 0.25) is 0 Å². The first kappa shape index (κ1) is 13.1. The molecule has 2 aromatic heterocycles. The lowest BCUT2D eigenvalue weighted by Crippen LogP contribution is -2.33. The average Bonchev–Trinajstić information content (AvgIpc) is 3.16. The van der Waals surface area contributed by atoms with Gasteiger partial charge in [0.05, 0.1) is 12.3 Å². The first-order valence-corrected chi connectivity index (χ1v) is 6.84. The zero-order valence-electron chi connectivity index (χ0n) is 11.6. The molecule has 0 aliphatic heterocycles. The van der Waals surface area contributed by atoms with E-state index in [4.69, 9.17) is 0 Å². The predicted molar refractivity (Wildman–Crippen MR) is 73.5 cm³/mol. The van der Waals surface area contributed by atoms with E-state index >= 15 is 0 Å². The number of carbonyl (C=O) groups excluding carboxylic acids is 1. The number of aryl methyl sites for hydroxylation is 2. The molecule has 1 unspecified atom stereocenters. The van der Waals surface area contributed by atoms with Crippen LogP contribution in [0.5, 0.6) is 0 Å². The smallest absolute Gasteiger partial charge is 0.256 e. The SMILES string of the molecule is Cc1cc(C)n2ncc(C(=O)NCC(O)C3CC3)c2n1. The van der Waals surface area contributed by atoms with Crippen LogP contribution in [0.4, 0.5) is 0 Å². The van der Waals surface area contributed by atoms with E-state index in [1.54, 1.807) is 4.52 Å². The normalized spacial score (nSPS) is 16.4. The highest BCUT2D eigenvalue weighted by Gasteiger charge is 2.30. The molecule has 1 fully saturated rings. The summed E-state index contributed by atoms with van der Waals surface area (Å²) in [5.41, 5.74) is 2.79. The van der Waals surface area contributed by atoms with E-state index in [2.05, 4.69) is 15.4 Å². The third-order valence-corrected chi connectivity index (χ3v) is 3.66. The van der Waals surface area contributed by atoms with Gasteiger partial charge < -0.3 is 10.4 Å². The molecule has 0 bridgehead atoms. The first-order valence-electron chi connectivity index (χ1n) is 6.84. The van der Waals surface area contributed by atoms with Crippen molar-refractivity contribution in [2.24, 2.45) is 5.92 Å². The van der Waals surface area contributed by atoms with Crippen LogP contribution in [-0.4, -0.2) is 38.3 Å². The molecule has 3 rings (SSSR count). The second-order valence-electron chi connectivity index (χ2n) is 5.45. The van der Waals surface area contributed by atoms with E-state index < -0.39 is 6.10 Å². The van der Waals surface area contributed by atoms with E-state index in [1.165, 1.54) is 6.20 Å². The zero-order chi connectivity index (χ0) is 14.3. The standard InChI is InChI=1S/C14H18N4O2/c1-8-5-9(2)18-13(17-8)11(6-16-18)14(20)15-7-12(19)10-3-4-10/h5-6,10,12,19H,3-4,7H2,1-2H3,(H,15,20). The number of amides is 1. The molecule has 2 aromatic rings. The lowest BCUT2D eigenvalue weighted by Gasteiger charge is -2.10. The molecule has 1 saturated carbocycles. The van der Waals surface area contributed by atoms with Gasteiger partial charge in [-0.15, -0.1) is 0 Å². The Hall–Kier alpha value is -1.95. The van der Waals surface area contributed by atoms with Crippen LogP contribution in [-0.2, 0) is 0 Å². The van der Waals surface area contributed by atoms with E-state index in [-0.39, 0.29) is 12.5 Å². The van der Waals surface area contributed by atoms with Crippen molar-refractivity contribution in [1.82, 2.24) is 19.9 Å². The van der Waals surface area contributed by atoms with Gasteiger partial charge in [0.2, 0.25) is 0 Å². The molecule has 1 atom stereocenters. The van der Waals surface area contributed by atoms with E-state index in [1.807, 2.05) is 19.9 Å². The Morgan fingerprint density at radius 3 is 3.00 bits per heavy atom. The van der Waals surface area contributed by atoms with E-state index in [0.29, 0.717) is 17.1 Å². The lowest BCUT2D eigenvalue weighted by atomic mass is 10.2. The number of rotatable bonds is 4. The molecular weight excluding hydrogens is 256 g/mol. The highest BCUT2D eigenvalue weighted by atomic mass is 16.3. The molecule has 6 nitrogen and oxygen atoms in total. The number of hydrogen-bond donors (Lipinski definition) is 2. The zero-order valence-corrected chi connectivity index (χ0v) is 11.6. The van der Waals surface area contributed by atoms with Gasteiger partial charge >= 0.3 is 0 Å². The quantitative estimate of drug-likeness (QED) is 0.866. The molecule has 6 heteroatoms. The number of fused-ring (bicyclic) bond motifs is 1. The Kier molecular flexibility index (Phi) is 3.17. The highest BCUT2D eigenvalue weighted by molar-refractivity contribution is 5.99. The van der Waals surface area contributed by atoms with Gasteiger partial charge in [0.25, 0.3) is 5.91 Å². The molecule has 0 aromatic carbocycles. The fourth-order valence-electron chi connectivity index (χ4n) is 2.37. The van der Waals surface area contributed by atoms with Gasteiger partial charge in [0.1, 0.15) is 5.56 Å². The van der Waals surface area contributed by atoms with E-state index in [9.17, 15) is 9.90 Å². The summed E-state index contributed by atoms with van der Waals surface area (Å²) in [6.45, 7) is 4.09. The van der Waals surface area contributed by atoms with Crippen LogP contribution < -0.4 is 5.32 Å². The fraction of sp³-hybridized carbons (Fsp3) is 0.500. The molecular formula is C14H18N4O2. The largest absolute Gasteiger partial charge is 0.391 e. The van der Waals surface area contributed by atoms with Crippen molar-refractivity contribution in [2.45, 2.75) is 32.8 Å². The average molecular weight is 274 g/mol. The second-order valence-corrected chi connectivity index (χ2v) is 5.45. The Morgan fingerprint density at radius 1 is 1.55 bits per heavy atom. The molecule has 0 saturated heterocycles. The summed E-state index contributed by atoms with van der Waals surface area (Å²) in [5, 5.41) is 16.7. The molecule has 20 heavy (non-hydrogen) atoms. The Morgan fingerprint density at radius 2 is 2.30 bits per heavy atom. The van der Waals surface area contributed by atoms with Crippen molar-refractivity contribution in [1.29, 1.82) is 0 Å². The summed E-state index contributed by atoms with van der Waals surface area (Å²) in [5.74, 6) is 0.110. The summed E-state index contributed by atoms with van der Waals surface area (Å²) < 4.78 is 1.65. The van der Waals surface area contributed by atoms with Gasteiger partial charge in [-0.2, -0.15) is 5.10 Å². The molecule has 1 amide bonds. The number of nitrogens with one attached hydrogen (secondary N) is 1. The predicted octanol–water partition coefficient (Wildman–Crippen LogP) is 0.847.